The molecular weight excluding hydrogens is 238 g/mol. The van der Waals surface area contributed by atoms with Gasteiger partial charge in [-0.1, -0.05) is 11.6 Å². The summed E-state index contributed by atoms with van der Waals surface area (Å²) >= 11 is 0. The van der Waals surface area contributed by atoms with Gasteiger partial charge in [-0.25, -0.2) is 0 Å². The van der Waals surface area contributed by atoms with Gasteiger partial charge in [0.1, 0.15) is 0 Å². The van der Waals surface area contributed by atoms with E-state index in [1.807, 2.05) is 46.3 Å². The quantitative estimate of drug-likeness (QED) is 0.855. The van der Waals surface area contributed by atoms with Gasteiger partial charge in [0.2, 0.25) is 0 Å². The Labute approximate surface area is 116 Å². The first kappa shape index (κ1) is 15.5. The number of carbonyl (C=O) groups excluding carboxylic acids is 1. The lowest BCUT2D eigenvalue weighted by Crippen LogP contribution is -2.48. The maximum atomic E-state index is 12.3. The van der Waals surface area contributed by atoms with Crippen LogP contribution in [0, 0.1) is 6.92 Å². The topological polar surface area (TPSA) is 44.4 Å². The zero-order valence-corrected chi connectivity index (χ0v) is 12.8. The lowest BCUT2D eigenvalue weighted by atomic mass is 10.0. The van der Waals surface area contributed by atoms with Gasteiger partial charge in [-0.3, -0.25) is 4.79 Å². The Balaban J connectivity index is 2.82. The monoisotopic (exact) mass is 263 g/mol. The van der Waals surface area contributed by atoms with Crippen molar-refractivity contribution in [3.63, 3.8) is 0 Å². The van der Waals surface area contributed by atoms with Gasteiger partial charge in [-0.15, -0.1) is 0 Å². The highest BCUT2D eigenvalue weighted by atomic mass is 16.1. The molecule has 2 N–H and O–H groups in total. The lowest BCUT2D eigenvalue weighted by Gasteiger charge is -2.32. The number of anilines is 1. The Bertz CT molecular complexity index is 453. The van der Waals surface area contributed by atoms with Crippen molar-refractivity contribution in [2.24, 2.45) is 0 Å². The number of hydrogen-bond acceptors (Lipinski definition) is 3. The fraction of sp³-hybridized carbons (Fsp3) is 0.533. The van der Waals surface area contributed by atoms with E-state index in [1.54, 1.807) is 0 Å². The summed E-state index contributed by atoms with van der Waals surface area (Å²) in [5.74, 6) is -0.0389. The molecular formula is C15H25N3O. The van der Waals surface area contributed by atoms with E-state index in [4.69, 9.17) is 0 Å². The minimum Gasteiger partial charge on any atom is -0.387 e. The molecule has 1 amide bonds. The molecule has 0 aliphatic heterocycles. The zero-order valence-electron chi connectivity index (χ0n) is 12.8. The number of carbonyl (C=O) groups is 1. The number of amides is 1. The third kappa shape index (κ3) is 3.96. The summed E-state index contributed by atoms with van der Waals surface area (Å²) in [6.07, 6.45) is 0. The number of hydrogen-bond donors (Lipinski definition) is 2. The van der Waals surface area contributed by atoms with Crippen LogP contribution in [-0.4, -0.2) is 44.0 Å². The smallest absolute Gasteiger partial charge is 0.253 e. The molecule has 0 aliphatic carbocycles. The summed E-state index contributed by atoms with van der Waals surface area (Å²) in [5, 5.41) is 6.05. The average molecular weight is 263 g/mol. The molecule has 19 heavy (non-hydrogen) atoms. The van der Waals surface area contributed by atoms with Crippen LogP contribution in [0.1, 0.15) is 29.8 Å². The number of rotatable bonds is 5. The average Bonchev–Trinajstić information content (AvgIpc) is 2.35. The third-order valence-corrected chi connectivity index (χ3v) is 3.58. The van der Waals surface area contributed by atoms with Crippen molar-refractivity contribution >= 4 is 11.6 Å². The second-order valence-corrected chi connectivity index (χ2v) is 5.69. The minimum atomic E-state index is -0.0701. The number of likely N-dealkylation sites (N-methyl/N-ethyl adjacent to an activating group) is 1. The Kier molecular flexibility index (Phi) is 4.95. The van der Waals surface area contributed by atoms with Crippen LogP contribution in [0.4, 0.5) is 5.69 Å². The molecule has 0 bridgehead atoms. The second kappa shape index (κ2) is 6.06. The molecule has 0 aliphatic rings. The van der Waals surface area contributed by atoms with Gasteiger partial charge in [-0.05, 0) is 47.0 Å². The molecule has 4 nitrogen and oxygen atoms in total. The maximum absolute atomic E-state index is 12.3. The van der Waals surface area contributed by atoms with Crippen LogP contribution in [0.3, 0.4) is 0 Å². The Hall–Kier alpha value is -1.55. The Morgan fingerprint density at radius 3 is 2.47 bits per heavy atom. The maximum Gasteiger partial charge on any atom is 0.253 e. The van der Waals surface area contributed by atoms with Gasteiger partial charge in [-0.2, -0.15) is 0 Å². The zero-order chi connectivity index (χ0) is 14.6. The molecule has 1 aromatic carbocycles. The predicted molar refractivity (Wildman–Crippen MR) is 80.8 cm³/mol. The fourth-order valence-electron chi connectivity index (χ4n) is 1.61. The van der Waals surface area contributed by atoms with E-state index < -0.39 is 0 Å². The molecule has 0 aromatic heterocycles. The minimum absolute atomic E-state index is 0.0389. The van der Waals surface area contributed by atoms with Crippen LogP contribution >= 0.6 is 0 Å². The first-order chi connectivity index (χ1) is 8.77. The van der Waals surface area contributed by atoms with Crippen LogP contribution in [0.25, 0.3) is 0 Å². The summed E-state index contributed by atoms with van der Waals surface area (Å²) in [5.41, 5.74) is 2.55. The molecule has 0 radical (unpaired) electrons. The second-order valence-electron chi connectivity index (χ2n) is 5.69. The molecule has 0 heterocycles. The van der Waals surface area contributed by atoms with Crippen molar-refractivity contribution in [1.82, 2.24) is 10.2 Å². The highest BCUT2D eigenvalue weighted by molar-refractivity contribution is 5.99. The predicted octanol–water partition coefficient (Wildman–Crippen LogP) is 2.11. The highest BCUT2D eigenvalue weighted by Gasteiger charge is 2.22. The summed E-state index contributed by atoms with van der Waals surface area (Å²) in [4.78, 5) is 14.4. The largest absolute Gasteiger partial charge is 0.387 e. The van der Waals surface area contributed by atoms with Gasteiger partial charge in [0, 0.05) is 24.8 Å². The SMILES string of the molecule is CNc1ccc(C)cc1C(=O)NCC(C)(C)N(C)C. The Morgan fingerprint density at radius 2 is 1.95 bits per heavy atom. The normalized spacial score (nSPS) is 11.5. The van der Waals surface area contributed by atoms with E-state index in [2.05, 4.69) is 29.4 Å². The van der Waals surface area contributed by atoms with E-state index in [0.29, 0.717) is 12.1 Å². The fourth-order valence-corrected chi connectivity index (χ4v) is 1.61. The Morgan fingerprint density at radius 1 is 1.32 bits per heavy atom. The summed E-state index contributed by atoms with van der Waals surface area (Å²) in [6, 6.07) is 5.83. The van der Waals surface area contributed by atoms with Gasteiger partial charge < -0.3 is 15.5 Å². The van der Waals surface area contributed by atoms with Crippen LogP contribution in [-0.2, 0) is 0 Å². The lowest BCUT2D eigenvalue weighted by molar-refractivity contribution is 0.0920. The van der Waals surface area contributed by atoms with E-state index in [1.165, 1.54) is 0 Å². The molecule has 0 fully saturated rings. The van der Waals surface area contributed by atoms with Crippen molar-refractivity contribution in [2.45, 2.75) is 26.3 Å². The molecule has 1 rings (SSSR count). The molecule has 106 valence electrons. The van der Waals surface area contributed by atoms with E-state index in [0.717, 1.165) is 11.3 Å². The summed E-state index contributed by atoms with van der Waals surface area (Å²) in [7, 11) is 5.85. The molecule has 0 spiro atoms. The standard InChI is InChI=1S/C15H25N3O/c1-11-7-8-13(16-4)12(9-11)14(19)17-10-15(2,3)18(5)6/h7-9,16H,10H2,1-6H3,(H,17,19). The third-order valence-electron chi connectivity index (χ3n) is 3.58. The molecule has 0 atom stereocenters. The highest BCUT2D eigenvalue weighted by Crippen LogP contribution is 2.17. The summed E-state index contributed by atoms with van der Waals surface area (Å²) < 4.78 is 0. The van der Waals surface area contributed by atoms with Gasteiger partial charge in [0.25, 0.3) is 5.91 Å². The van der Waals surface area contributed by atoms with Gasteiger partial charge >= 0.3 is 0 Å². The molecule has 4 heteroatoms. The van der Waals surface area contributed by atoms with E-state index >= 15 is 0 Å². The van der Waals surface area contributed by atoms with Crippen LogP contribution < -0.4 is 10.6 Å². The summed E-state index contributed by atoms with van der Waals surface area (Å²) in [6.45, 7) is 6.79. The van der Waals surface area contributed by atoms with Crippen molar-refractivity contribution in [3.05, 3.63) is 29.3 Å². The van der Waals surface area contributed by atoms with Gasteiger partial charge in [0.15, 0.2) is 0 Å². The molecule has 1 aromatic rings. The van der Waals surface area contributed by atoms with Crippen LogP contribution in [0.5, 0.6) is 0 Å². The van der Waals surface area contributed by atoms with Crippen molar-refractivity contribution < 1.29 is 4.79 Å². The van der Waals surface area contributed by atoms with Crippen LogP contribution in [0.2, 0.25) is 0 Å². The van der Waals surface area contributed by atoms with E-state index in [9.17, 15) is 4.79 Å². The first-order valence-electron chi connectivity index (χ1n) is 6.52. The molecule has 0 saturated heterocycles. The van der Waals surface area contributed by atoms with Crippen LogP contribution in [0.15, 0.2) is 18.2 Å². The number of nitrogens with one attached hydrogen (secondary N) is 2. The molecule has 0 saturated carbocycles. The first-order valence-corrected chi connectivity index (χ1v) is 6.52. The number of benzene rings is 1. The van der Waals surface area contributed by atoms with Crippen molar-refractivity contribution in [3.8, 4) is 0 Å². The van der Waals surface area contributed by atoms with Gasteiger partial charge in [0.05, 0.1) is 5.56 Å². The van der Waals surface area contributed by atoms with Crippen molar-refractivity contribution in [1.29, 1.82) is 0 Å². The number of aryl methyl sites for hydroxylation is 1. The molecule has 0 unspecified atom stereocenters. The van der Waals surface area contributed by atoms with E-state index in [-0.39, 0.29) is 11.4 Å². The number of nitrogens with zero attached hydrogens (tertiary/aromatic N) is 1. The van der Waals surface area contributed by atoms with Crippen molar-refractivity contribution in [2.75, 3.05) is 33.0 Å².